The van der Waals surface area contributed by atoms with E-state index in [0.29, 0.717) is 11.4 Å². The number of aromatic amines is 1. The minimum atomic E-state index is -1.51. The summed E-state index contributed by atoms with van der Waals surface area (Å²) in [6, 6.07) is -3.37. The number of hydrogen-bond acceptors (Lipinski definition) is 8. The quantitative estimate of drug-likeness (QED) is 0.152. The fourth-order valence-electron chi connectivity index (χ4n) is 2.45. The van der Waals surface area contributed by atoms with Gasteiger partial charge in [0.25, 0.3) is 0 Å². The van der Waals surface area contributed by atoms with E-state index in [0.717, 1.165) is 0 Å². The van der Waals surface area contributed by atoms with Gasteiger partial charge >= 0.3 is 5.97 Å². The number of hydrogen-bond donors (Lipinski definition) is 7. The lowest BCUT2D eigenvalue weighted by atomic mass is 10.1. The van der Waals surface area contributed by atoms with E-state index in [-0.39, 0.29) is 12.8 Å². The van der Waals surface area contributed by atoms with Crippen molar-refractivity contribution in [1.82, 2.24) is 25.9 Å². The smallest absolute Gasteiger partial charge is 0.326 e. The number of imidazole rings is 1. The number of rotatable bonds is 14. The molecule has 0 aliphatic carbocycles. The standard InChI is InChI=1S/C17H27N7O6S/c1-31-3-2-11(24-15(27)10(18)4-9-6-20-8-22-9)16(28)21-7-14(26)23-12(17(29)30)5-13(19)25/h6,8,10-12H,2-5,7,18H2,1H3,(H2,19,25)(H,20,22)(H,21,28)(H,23,26)(H,24,27)(H,29,30). The maximum Gasteiger partial charge on any atom is 0.326 e. The van der Waals surface area contributed by atoms with Crippen LogP contribution in [0.5, 0.6) is 0 Å². The summed E-state index contributed by atoms with van der Waals surface area (Å²) in [7, 11) is 0. The Kier molecular flexibility index (Phi) is 11.1. The summed E-state index contributed by atoms with van der Waals surface area (Å²) >= 11 is 1.46. The average molecular weight is 458 g/mol. The van der Waals surface area contributed by atoms with E-state index < -0.39 is 60.7 Å². The van der Waals surface area contributed by atoms with Crippen molar-refractivity contribution in [2.45, 2.75) is 37.4 Å². The Morgan fingerprint density at radius 3 is 2.45 bits per heavy atom. The van der Waals surface area contributed by atoms with Crippen molar-refractivity contribution in [3.8, 4) is 0 Å². The largest absolute Gasteiger partial charge is 0.480 e. The van der Waals surface area contributed by atoms with Crippen LogP contribution in [0.4, 0.5) is 0 Å². The minimum Gasteiger partial charge on any atom is -0.480 e. The first-order chi connectivity index (χ1) is 14.6. The summed E-state index contributed by atoms with van der Waals surface area (Å²) < 4.78 is 0. The molecule has 0 bridgehead atoms. The van der Waals surface area contributed by atoms with E-state index >= 15 is 0 Å². The number of carbonyl (C=O) groups excluding carboxylic acids is 4. The normalized spacial score (nSPS) is 13.5. The first-order valence-electron chi connectivity index (χ1n) is 9.24. The van der Waals surface area contributed by atoms with Crippen LogP contribution in [0.1, 0.15) is 18.5 Å². The number of nitrogens with zero attached hydrogens (tertiary/aromatic N) is 1. The Balaban J connectivity index is 2.62. The highest BCUT2D eigenvalue weighted by Gasteiger charge is 2.26. The van der Waals surface area contributed by atoms with E-state index in [1.54, 1.807) is 0 Å². The molecule has 1 rings (SSSR count). The topological polar surface area (TPSA) is 222 Å². The molecule has 1 heterocycles. The summed E-state index contributed by atoms with van der Waals surface area (Å²) in [6.07, 6.45) is 4.72. The SMILES string of the molecule is CSCCC(NC(=O)C(N)Cc1cnc[nH]1)C(=O)NCC(=O)NC(CC(N)=O)C(=O)O. The molecule has 0 saturated heterocycles. The summed E-state index contributed by atoms with van der Waals surface area (Å²) in [4.78, 5) is 65.4. The molecule has 14 heteroatoms. The molecule has 0 aliphatic rings. The molecule has 0 aliphatic heterocycles. The van der Waals surface area contributed by atoms with E-state index in [9.17, 15) is 24.0 Å². The summed E-state index contributed by atoms with van der Waals surface area (Å²) in [6.45, 7) is -0.548. The number of carboxylic acids is 1. The van der Waals surface area contributed by atoms with Gasteiger partial charge in [-0.05, 0) is 18.4 Å². The zero-order chi connectivity index (χ0) is 23.4. The molecule has 1 aromatic heterocycles. The summed E-state index contributed by atoms with van der Waals surface area (Å²) in [5.41, 5.74) is 11.5. The molecule has 4 amide bonds. The van der Waals surface area contributed by atoms with Crippen molar-refractivity contribution >= 4 is 41.4 Å². The third-order valence-electron chi connectivity index (χ3n) is 4.04. The molecule has 3 atom stereocenters. The number of nitrogens with two attached hydrogens (primary N) is 2. The van der Waals surface area contributed by atoms with Crippen molar-refractivity contribution in [3.63, 3.8) is 0 Å². The van der Waals surface area contributed by atoms with Crippen LogP contribution in [0.3, 0.4) is 0 Å². The van der Waals surface area contributed by atoms with Crippen molar-refractivity contribution in [3.05, 3.63) is 18.2 Å². The number of nitrogens with one attached hydrogen (secondary N) is 4. The lowest BCUT2D eigenvalue weighted by Crippen LogP contribution is -2.54. The molecule has 0 saturated carbocycles. The number of thioether (sulfide) groups is 1. The maximum atomic E-state index is 12.5. The van der Waals surface area contributed by atoms with Crippen LogP contribution in [0.2, 0.25) is 0 Å². The fourth-order valence-corrected chi connectivity index (χ4v) is 2.92. The number of aliphatic carboxylic acids is 1. The Morgan fingerprint density at radius 2 is 1.90 bits per heavy atom. The third-order valence-corrected chi connectivity index (χ3v) is 4.68. The van der Waals surface area contributed by atoms with Crippen LogP contribution < -0.4 is 27.4 Å². The first kappa shape index (κ1) is 25.9. The molecule has 0 aromatic carbocycles. The van der Waals surface area contributed by atoms with Crippen molar-refractivity contribution < 1.29 is 29.1 Å². The zero-order valence-corrected chi connectivity index (χ0v) is 17.7. The number of aromatic nitrogens is 2. The van der Waals surface area contributed by atoms with Crippen LogP contribution in [-0.4, -0.2) is 81.4 Å². The molecule has 31 heavy (non-hydrogen) atoms. The number of primary amides is 1. The Hall–Kier alpha value is -3.13. The molecule has 1 aromatic rings. The van der Waals surface area contributed by atoms with Crippen LogP contribution >= 0.6 is 11.8 Å². The Labute approximate surface area is 182 Å². The Morgan fingerprint density at radius 1 is 1.19 bits per heavy atom. The second-order valence-corrected chi connectivity index (χ2v) is 7.56. The van der Waals surface area contributed by atoms with E-state index in [1.807, 2.05) is 6.26 Å². The molecule has 172 valence electrons. The molecule has 13 nitrogen and oxygen atoms in total. The molecular formula is C17H27N7O6S. The number of amides is 4. The van der Waals surface area contributed by atoms with Gasteiger partial charge in [-0.3, -0.25) is 19.2 Å². The molecule has 0 fully saturated rings. The fraction of sp³-hybridized carbons (Fsp3) is 0.529. The highest BCUT2D eigenvalue weighted by atomic mass is 32.2. The molecule has 0 spiro atoms. The van der Waals surface area contributed by atoms with Gasteiger partial charge in [-0.15, -0.1) is 0 Å². The third kappa shape index (κ3) is 9.95. The van der Waals surface area contributed by atoms with E-state index in [2.05, 4.69) is 25.9 Å². The summed E-state index contributed by atoms with van der Waals surface area (Å²) in [5.74, 6) is -3.79. The van der Waals surface area contributed by atoms with Gasteiger partial charge in [0.15, 0.2) is 0 Å². The van der Waals surface area contributed by atoms with Crippen LogP contribution in [0.15, 0.2) is 12.5 Å². The van der Waals surface area contributed by atoms with Gasteiger partial charge in [0, 0.05) is 18.3 Å². The zero-order valence-electron chi connectivity index (χ0n) is 16.9. The second kappa shape index (κ2) is 13.2. The average Bonchev–Trinajstić information content (AvgIpc) is 3.21. The van der Waals surface area contributed by atoms with Gasteiger partial charge in [0.05, 0.1) is 25.3 Å². The monoisotopic (exact) mass is 457 g/mol. The van der Waals surface area contributed by atoms with Gasteiger partial charge in [0.1, 0.15) is 12.1 Å². The molecular weight excluding hydrogens is 430 g/mol. The highest BCUT2D eigenvalue weighted by Crippen LogP contribution is 2.03. The minimum absolute atomic E-state index is 0.196. The van der Waals surface area contributed by atoms with Crippen molar-refractivity contribution in [1.29, 1.82) is 0 Å². The predicted octanol–water partition coefficient (Wildman–Crippen LogP) is -2.92. The lowest BCUT2D eigenvalue weighted by molar-refractivity contribution is -0.143. The molecule has 9 N–H and O–H groups in total. The Bertz CT molecular complexity index is 773. The number of carbonyl (C=O) groups is 5. The number of H-pyrrole nitrogens is 1. The van der Waals surface area contributed by atoms with Crippen molar-refractivity contribution in [2.24, 2.45) is 11.5 Å². The number of carboxylic acid groups (broad SMARTS) is 1. The van der Waals surface area contributed by atoms with Crippen LogP contribution in [-0.2, 0) is 30.4 Å². The van der Waals surface area contributed by atoms with E-state index in [1.165, 1.54) is 24.3 Å². The maximum absolute atomic E-state index is 12.5. The van der Waals surface area contributed by atoms with Crippen molar-refractivity contribution in [2.75, 3.05) is 18.6 Å². The lowest BCUT2D eigenvalue weighted by Gasteiger charge is -2.20. The predicted molar refractivity (Wildman–Crippen MR) is 112 cm³/mol. The van der Waals surface area contributed by atoms with Gasteiger partial charge in [-0.1, -0.05) is 0 Å². The molecule has 0 radical (unpaired) electrons. The summed E-state index contributed by atoms with van der Waals surface area (Å²) in [5, 5.41) is 16.0. The van der Waals surface area contributed by atoms with Gasteiger partial charge in [-0.25, -0.2) is 9.78 Å². The van der Waals surface area contributed by atoms with Gasteiger partial charge in [0.2, 0.25) is 23.6 Å². The van der Waals surface area contributed by atoms with Crippen LogP contribution in [0.25, 0.3) is 0 Å². The van der Waals surface area contributed by atoms with Gasteiger partial charge in [-0.2, -0.15) is 11.8 Å². The molecule has 3 unspecified atom stereocenters. The van der Waals surface area contributed by atoms with Gasteiger partial charge < -0.3 is 37.5 Å². The van der Waals surface area contributed by atoms with Crippen LogP contribution in [0, 0.1) is 0 Å². The second-order valence-electron chi connectivity index (χ2n) is 6.58. The highest BCUT2D eigenvalue weighted by molar-refractivity contribution is 7.98. The van der Waals surface area contributed by atoms with E-state index in [4.69, 9.17) is 16.6 Å². The first-order valence-corrected chi connectivity index (χ1v) is 10.6.